The fourth-order valence-corrected chi connectivity index (χ4v) is 3.15. The Morgan fingerprint density at radius 3 is 2.77 bits per heavy atom. The highest BCUT2D eigenvalue weighted by Crippen LogP contribution is 2.31. The van der Waals surface area contributed by atoms with E-state index < -0.39 is 29.8 Å². The Labute approximate surface area is 172 Å². The summed E-state index contributed by atoms with van der Waals surface area (Å²) in [6.45, 7) is 1.67. The number of aliphatic hydroxyl groups excluding tert-OH is 1. The number of rotatable bonds is 7. The van der Waals surface area contributed by atoms with Crippen LogP contribution in [0, 0.1) is 5.82 Å². The first-order valence-electron chi connectivity index (χ1n) is 9.36. The first-order chi connectivity index (χ1) is 14.3. The highest BCUT2D eigenvalue weighted by molar-refractivity contribution is 6.04. The number of fused-ring (bicyclic) bond motifs is 1. The van der Waals surface area contributed by atoms with Gasteiger partial charge in [-0.25, -0.2) is 4.39 Å². The molecule has 3 N–H and O–H groups in total. The molecule has 1 aliphatic rings. The predicted molar refractivity (Wildman–Crippen MR) is 106 cm³/mol. The van der Waals surface area contributed by atoms with Crippen molar-refractivity contribution < 1.29 is 28.6 Å². The normalized spacial score (nSPS) is 13.6. The fourth-order valence-electron chi connectivity index (χ4n) is 3.15. The smallest absolute Gasteiger partial charge is 0.276 e. The van der Waals surface area contributed by atoms with Gasteiger partial charge in [-0.15, -0.1) is 0 Å². The quantitative estimate of drug-likeness (QED) is 0.636. The first kappa shape index (κ1) is 21.3. The number of nitrogens with zero attached hydrogens (tertiary/aromatic N) is 1. The molecule has 3 amide bonds. The Bertz CT molecular complexity index is 995. The van der Waals surface area contributed by atoms with Crippen LogP contribution in [-0.4, -0.2) is 41.1 Å². The second kappa shape index (κ2) is 8.91. The van der Waals surface area contributed by atoms with Gasteiger partial charge < -0.3 is 20.1 Å². The van der Waals surface area contributed by atoms with Crippen molar-refractivity contribution in [2.45, 2.75) is 32.7 Å². The summed E-state index contributed by atoms with van der Waals surface area (Å²) in [5.74, 6) is -1.93. The van der Waals surface area contributed by atoms with E-state index in [1.54, 1.807) is 31.2 Å². The molecule has 1 heterocycles. The van der Waals surface area contributed by atoms with Gasteiger partial charge in [0.15, 0.2) is 0 Å². The van der Waals surface area contributed by atoms with E-state index >= 15 is 0 Å². The summed E-state index contributed by atoms with van der Waals surface area (Å²) in [6, 6.07) is 9.35. The van der Waals surface area contributed by atoms with Crippen LogP contribution in [0.1, 0.15) is 34.8 Å². The summed E-state index contributed by atoms with van der Waals surface area (Å²) in [7, 11) is 1.49. The highest BCUT2D eigenvalue weighted by Gasteiger charge is 2.36. The van der Waals surface area contributed by atoms with Gasteiger partial charge >= 0.3 is 0 Å². The lowest BCUT2D eigenvalue weighted by atomic mass is 10.1. The number of aliphatic hydroxyl groups is 1. The van der Waals surface area contributed by atoms with Crippen molar-refractivity contribution in [3.05, 3.63) is 58.9 Å². The maximum absolute atomic E-state index is 14.1. The van der Waals surface area contributed by atoms with E-state index in [2.05, 4.69) is 5.32 Å². The molecule has 0 saturated heterocycles. The molecule has 0 aromatic heterocycles. The van der Waals surface area contributed by atoms with Crippen LogP contribution in [0.3, 0.4) is 0 Å². The zero-order valence-corrected chi connectivity index (χ0v) is 16.6. The van der Waals surface area contributed by atoms with Crippen LogP contribution >= 0.6 is 0 Å². The number of nitrogens with one attached hydrogen (secondary N) is 2. The third-order valence-electron chi connectivity index (χ3n) is 4.83. The minimum absolute atomic E-state index is 0.0349. The van der Waals surface area contributed by atoms with Gasteiger partial charge in [-0.05, 0) is 30.3 Å². The minimum Gasteiger partial charge on any atom is -0.497 e. The molecule has 1 atom stereocenters. The van der Waals surface area contributed by atoms with Gasteiger partial charge in [-0.3, -0.25) is 19.7 Å². The van der Waals surface area contributed by atoms with Crippen LogP contribution in [-0.2, 0) is 22.7 Å². The number of methoxy groups -OCH3 is 1. The number of ether oxygens (including phenoxy) is 1. The van der Waals surface area contributed by atoms with Crippen molar-refractivity contribution in [1.29, 1.82) is 0 Å². The Kier molecular flexibility index (Phi) is 6.31. The molecular weight excluding hydrogens is 393 g/mol. The Morgan fingerprint density at radius 1 is 1.30 bits per heavy atom. The van der Waals surface area contributed by atoms with E-state index in [4.69, 9.17) is 4.74 Å². The second-order valence-corrected chi connectivity index (χ2v) is 6.72. The summed E-state index contributed by atoms with van der Waals surface area (Å²) >= 11 is 0. The largest absolute Gasteiger partial charge is 0.497 e. The van der Waals surface area contributed by atoms with Crippen LogP contribution in [0.5, 0.6) is 5.75 Å². The molecule has 0 saturated carbocycles. The van der Waals surface area contributed by atoms with Gasteiger partial charge in [0.2, 0.25) is 12.1 Å². The summed E-state index contributed by atoms with van der Waals surface area (Å²) < 4.78 is 19.2. The molecule has 8 nitrogen and oxygen atoms in total. The standard InChI is InChI=1S/C21H22FN3O5/c1-3-18(26)24-19(27)21(29)25-11-15-14(20(25)28)5-4-6-17(15)23-10-12-9-13(30-2)7-8-16(12)22/h4-9,21,23,29H,3,10-11H2,1-2H3,(H,24,26,27). The molecule has 2 aromatic carbocycles. The number of benzene rings is 2. The molecule has 0 bridgehead atoms. The number of anilines is 1. The molecule has 1 unspecified atom stereocenters. The predicted octanol–water partition coefficient (Wildman–Crippen LogP) is 1.77. The molecule has 3 rings (SSSR count). The summed E-state index contributed by atoms with van der Waals surface area (Å²) in [5.41, 5.74) is 1.84. The van der Waals surface area contributed by atoms with Crippen molar-refractivity contribution in [3.8, 4) is 5.75 Å². The van der Waals surface area contributed by atoms with Crippen LogP contribution in [0.4, 0.5) is 10.1 Å². The molecule has 0 spiro atoms. The van der Waals surface area contributed by atoms with Crippen LogP contribution in [0.25, 0.3) is 0 Å². The summed E-state index contributed by atoms with van der Waals surface area (Å²) in [4.78, 5) is 37.1. The summed E-state index contributed by atoms with van der Waals surface area (Å²) in [5, 5.41) is 15.4. The molecule has 2 aromatic rings. The molecule has 1 aliphatic heterocycles. The van der Waals surface area contributed by atoms with Crippen molar-refractivity contribution >= 4 is 23.4 Å². The van der Waals surface area contributed by atoms with E-state index in [0.717, 1.165) is 4.90 Å². The van der Waals surface area contributed by atoms with Crippen molar-refractivity contribution in [1.82, 2.24) is 10.2 Å². The SMILES string of the molecule is CCC(=O)NC(=O)C(O)N1Cc2c(NCc3cc(OC)ccc3F)cccc2C1=O. The molecular formula is C21H22FN3O5. The summed E-state index contributed by atoms with van der Waals surface area (Å²) in [6.07, 6.45) is -1.73. The van der Waals surface area contributed by atoms with E-state index in [1.807, 2.05) is 5.32 Å². The third kappa shape index (κ3) is 4.25. The van der Waals surface area contributed by atoms with Gasteiger partial charge in [0, 0.05) is 35.3 Å². The monoisotopic (exact) mass is 415 g/mol. The number of carbonyl (C=O) groups excluding carboxylic acids is 3. The lowest BCUT2D eigenvalue weighted by Crippen LogP contribution is -2.48. The lowest BCUT2D eigenvalue weighted by Gasteiger charge is -2.21. The number of amides is 3. The molecule has 0 fully saturated rings. The van der Waals surface area contributed by atoms with Crippen LogP contribution in [0.15, 0.2) is 36.4 Å². The molecule has 158 valence electrons. The zero-order valence-electron chi connectivity index (χ0n) is 16.6. The molecule has 9 heteroatoms. The number of hydrogen-bond acceptors (Lipinski definition) is 6. The van der Waals surface area contributed by atoms with Gasteiger partial charge in [-0.2, -0.15) is 0 Å². The van der Waals surface area contributed by atoms with Gasteiger partial charge in [0.1, 0.15) is 11.6 Å². The lowest BCUT2D eigenvalue weighted by molar-refractivity contribution is -0.141. The third-order valence-corrected chi connectivity index (χ3v) is 4.83. The van der Waals surface area contributed by atoms with Gasteiger partial charge in [0.05, 0.1) is 13.7 Å². The topological polar surface area (TPSA) is 108 Å². The zero-order chi connectivity index (χ0) is 21.8. The number of hydrogen-bond donors (Lipinski definition) is 3. The first-order valence-corrected chi connectivity index (χ1v) is 9.36. The molecule has 30 heavy (non-hydrogen) atoms. The van der Waals surface area contributed by atoms with Crippen LogP contribution in [0.2, 0.25) is 0 Å². The van der Waals surface area contributed by atoms with E-state index in [1.165, 1.54) is 19.2 Å². The maximum Gasteiger partial charge on any atom is 0.276 e. The van der Waals surface area contributed by atoms with E-state index in [0.29, 0.717) is 28.1 Å². The van der Waals surface area contributed by atoms with Crippen molar-refractivity contribution in [2.24, 2.45) is 0 Å². The van der Waals surface area contributed by atoms with Crippen molar-refractivity contribution in [2.75, 3.05) is 12.4 Å². The van der Waals surface area contributed by atoms with Gasteiger partial charge in [0.25, 0.3) is 11.8 Å². The number of carbonyl (C=O) groups is 3. The van der Waals surface area contributed by atoms with Crippen molar-refractivity contribution in [3.63, 3.8) is 0 Å². The Morgan fingerprint density at radius 2 is 2.07 bits per heavy atom. The van der Waals surface area contributed by atoms with Gasteiger partial charge in [-0.1, -0.05) is 13.0 Å². The number of imide groups is 1. The fraction of sp³-hybridized carbons (Fsp3) is 0.286. The van der Waals surface area contributed by atoms with Crippen LogP contribution < -0.4 is 15.4 Å². The Balaban J connectivity index is 1.77. The Hall–Kier alpha value is -3.46. The van der Waals surface area contributed by atoms with E-state index in [-0.39, 0.29) is 19.5 Å². The second-order valence-electron chi connectivity index (χ2n) is 6.72. The highest BCUT2D eigenvalue weighted by atomic mass is 19.1. The average Bonchev–Trinajstić information content (AvgIpc) is 3.09. The number of halogens is 1. The molecule has 0 radical (unpaired) electrons. The maximum atomic E-state index is 14.1. The van der Waals surface area contributed by atoms with E-state index in [9.17, 15) is 23.9 Å². The average molecular weight is 415 g/mol. The molecule has 0 aliphatic carbocycles. The minimum atomic E-state index is -1.80.